The monoisotopic (exact) mass is 356 g/mol. The van der Waals surface area contributed by atoms with Crippen LogP contribution in [0.2, 0.25) is 0 Å². The molecule has 26 heavy (non-hydrogen) atoms. The summed E-state index contributed by atoms with van der Waals surface area (Å²) in [7, 11) is 0. The number of allylic oxidation sites excluding steroid dienone is 2. The molecule has 0 spiro atoms. The number of anilines is 1. The summed E-state index contributed by atoms with van der Waals surface area (Å²) < 4.78 is 0. The molecule has 0 radical (unpaired) electrons. The van der Waals surface area contributed by atoms with Crippen LogP contribution in [0.25, 0.3) is 0 Å². The molecule has 0 fully saturated rings. The molecule has 1 aliphatic rings. The molecule has 0 atom stereocenters. The number of primary amides is 1. The van der Waals surface area contributed by atoms with Crippen LogP contribution in [0.3, 0.4) is 0 Å². The van der Waals surface area contributed by atoms with Crippen molar-refractivity contribution >= 4 is 34.5 Å². The fourth-order valence-corrected chi connectivity index (χ4v) is 2.61. The normalized spacial score (nSPS) is 17.5. The first-order valence-electron chi connectivity index (χ1n) is 8.54. The highest BCUT2D eigenvalue weighted by atomic mass is 16.3. The number of nitrogens with one attached hydrogen (secondary N) is 1. The molecule has 1 amide bonds. The summed E-state index contributed by atoms with van der Waals surface area (Å²) in [5.41, 5.74) is 9.62. The molecule has 138 valence electrons. The number of benzene rings is 1. The maximum Gasteiger partial charge on any atom is 0.236 e. The summed E-state index contributed by atoms with van der Waals surface area (Å²) in [4.78, 5) is 31.8. The minimum atomic E-state index is -0.423. The number of nitrogens with two attached hydrogens (primary N) is 1. The van der Waals surface area contributed by atoms with E-state index in [0.29, 0.717) is 17.0 Å². The molecule has 0 aromatic heterocycles. The van der Waals surface area contributed by atoms with E-state index in [-0.39, 0.29) is 31.9 Å². The molecule has 7 nitrogen and oxygen atoms in total. The van der Waals surface area contributed by atoms with E-state index in [1.807, 2.05) is 25.1 Å². The van der Waals surface area contributed by atoms with Crippen LogP contribution in [0.1, 0.15) is 25.8 Å². The van der Waals surface area contributed by atoms with Gasteiger partial charge in [0.2, 0.25) is 5.91 Å². The second-order valence-electron chi connectivity index (χ2n) is 5.99. The van der Waals surface area contributed by atoms with E-state index in [9.17, 15) is 9.59 Å². The van der Waals surface area contributed by atoms with Gasteiger partial charge in [-0.25, -0.2) is 4.99 Å². The highest BCUT2D eigenvalue weighted by Gasteiger charge is 2.20. The Morgan fingerprint density at radius 3 is 2.81 bits per heavy atom. The smallest absolute Gasteiger partial charge is 0.236 e. The maximum atomic E-state index is 11.9. The summed E-state index contributed by atoms with van der Waals surface area (Å²) >= 11 is 0. The van der Waals surface area contributed by atoms with Crippen molar-refractivity contribution in [2.24, 2.45) is 15.7 Å². The van der Waals surface area contributed by atoms with Crippen molar-refractivity contribution < 1.29 is 14.7 Å². The van der Waals surface area contributed by atoms with Crippen molar-refractivity contribution in [3.05, 3.63) is 35.4 Å². The van der Waals surface area contributed by atoms with Gasteiger partial charge < -0.3 is 16.2 Å². The highest BCUT2D eigenvalue weighted by Crippen LogP contribution is 2.24. The highest BCUT2D eigenvalue weighted by molar-refractivity contribution is 6.52. The largest absolute Gasteiger partial charge is 0.394 e. The van der Waals surface area contributed by atoms with Gasteiger partial charge in [0, 0.05) is 5.69 Å². The minimum absolute atomic E-state index is 0.0147. The van der Waals surface area contributed by atoms with Gasteiger partial charge in [-0.2, -0.15) is 0 Å². The predicted octanol–water partition coefficient (Wildman–Crippen LogP) is 1.57. The Hall–Kier alpha value is -2.80. The summed E-state index contributed by atoms with van der Waals surface area (Å²) in [6, 6.07) is 5.62. The number of ketones is 1. The Labute approximate surface area is 152 Å². The average molecular weight is 356 g/mol. The minimum Gasteiger partial charge on any atom is -0.394 e. The SMILES string of the molecule is CCc1cc(N=C2C=C(C)C(=O)CC2=NCCO)ccc1NCC(N)=O. The van der Waals surface area contributed by atoms with E-state index in [0.717, 1.165) is 23.4 Å². The van der Waals surface area contributed by atoms with Crippen LogP contribution >= 0.6 is 0 Å². The molecule has 7 heteroatoms. The first-order chi connectivity index (χ1) is 12.4. The second kappa shape index (κ2) is 9.05. The van der Waals surface area contributed by atoms with Gasteiger partial charge in [0.05, 0.1) is 43.2 Å². The molecular formula is C19H24N4O3. The Morgan fingerprint density at radius 2 is 2.15 bits per heavy atom. The van der Waals surface area contributed by atoms with Crippen molar-refractivity contribution in [1.29, 1.82) is 0 Å². The molecule has 1 aliphatic carbocycles. The van der Waals surface area contributed by atoms with Crippen LogP contribution in [0, 0.1) is 0 Å². The number of aliphatic hydroxyl groups excluding tert-OH is 1. The number of carbonyl (C=O) groups excluding carboxylic acids is 2. The lowest BCUT2D eigenvalue weighted by molar-refractivity contribution is -0.116. The van der Waals surface area contributed by atoms with Crippen molar-refractivity contribution in [1.82, 2.24) is 0 Å². The number of aliphatic imine (C=N–C) groups is 2. The zero-order valence-electron chi connectivity index (χ0n) is 15.1. The zero-order valence-corrected chi connectivity index (χ0v) is 15.1. The third kappa shape index (κ3) is 5.10. The number of rotatable bonds is 7. The fourth-order valence-electron chi connectivity index (χ4n) is 2.61. The zero-order chi connectivity index (χ0) is 19.1. The van der Waals surface area contributed by atoms with Crippen molar-refractivity contribution in [2.75, 3.05) is 25.0 Å². The Morgan fingerprint density at radius 1 is 1.38 bits per heavy atom. The number of Topliss-reactive ketones (excluding diaryl/α,β-unsaturated/α-hetero) is 1. The Kier molecular flexibility index (Phi) is 6.80. The van der Waals surface area contributed by atoms with Gasteiger partial charge in [0.25, 0.3) is 0 Å². The number of carbonyl (C=O) groups is 2. The quantitative estimate of drug-likeness (QED) is 0.687. The van der Waals surface area contributed by atoms with E-state index in [1.54, 1.807) is 13.0 Å². The van der Waals surface area contributed by atoms with E-state index < -0.39 is 5.91 Å². The van der Waals surface area contributed by atoms with E-state index in [2.05, 4.69) is 15.3 Å². The number of aliphatic hydroxyl groups is 1. The summed E-state index contributed by atoms with van der Waals surface area (Å²) in [5.74, 6) is -0.408. The molecule has 0 unspecified atom stereocenters. The molecule has 0 bridgehead atoms. The van der Waals surface area contributed by atoms with E-state index in [4.69, 9.17) is 10.8 Å². The van der Waals surface area contributed by atoms with Gasteiger partial charge in [-0.1, -0.05) is 6.92 Å². The molecule has 0 saturated heterocycles. The molecule has 0 heterocycles. The topological polar surface area (TPSA) is 117 Å². The third-order valence-corrected chi connectivity index (χ3v) is 3.99. The summed E-state index contributed by atoms with van der Waals surface area (Å²) in [6.45, 7) is 4.01. The lowest BCUT2D eigenvalue weighted by Crippen LogP contribution is -2.24. The first kappa shape index (κ1) is 19.5. The Bertz CT molecular complexity index is 794. The van der Waals surface area contributed by atoms with Gasteiger partial charge in [-0.05, 0) is 48.8 Å². The number of aryl methyl sites for hydroxylation is 1. The predicted molar refractivity (Wildman–Crippen MR) is 103 cm³/mol. The van der Waals surface area contributed by atoms with Gasteiger partial charge in [0.15, 0.2) is 5.78 Å². The van der Waals surface area contributed by atoms with Crippen molar-refractivity contribution in [3.8, 4) is 0 Å². The van der Waals surface area contributed by atoms with Gasteiger partial charge in [-0.3, -0.25) is 14.6 Å². The number of nitrogens with zero attached hydrogens (tertiary/aromatic N) is 2. The molecule has 0 saturated carbocycles. The van der Waals surface area contributed by atoms with Gasteiger partial charge in [-0.15, -0.1) is 0 Å². The lowest BCUT2D eigenvalue weighted by atomic mass is 9.95. The van der Waals surface area contributed by atoms with E-state index >= 15 is 0 Å². The molecule has 0 aliphatic heterocycles. The number of hydrogen-bond acceptors (Lipinski definition) is 6. The van der Waals surface area contributed by atoms with E-state index in [1.165, 1.54) is 0 Å². The third-order valence-electron chi connectivity index (χ3n) is 3.99. The summed E-state index contributed by atoms with van der Waals surface area (Å²) in [6.07, 6.45) is 2.69. The van der Waals surface area contributed by atoms with Crippen LogP contribution < -0.4 is 11.1 Å². The van der Waals surface area contributed by atoms with Crippen LogP contribution in [0.5, 0.6) is 0 Å². The first-order valence-corrected chi connectivity index (χ1v) is 8.54. The van der Waals surface area contributed by atoms with Crippen LogP contribution in [0.15, 0.2) is 39.8 Å². The molecule has 4 N–H and O–H groups in total. The van der Waals surface area contributed by atoms with Gasteiger partial charge in [0.1, 0.15) is 0 Å². The number of hydrogen-bond donors (Lipinski definition) is 3. The standard InChI is InChI=1S/C19H24N4O3/c1-3-13-9-14(4-5-15(13)22-11-19(20)26)23-17-8-12(2)18(25)10-16(17)21-6-7-24/h4-5,8-9,22,24H,3,6-7,10-11H2,1-2H3,(H2,20,26). The molecule has 1 aromatic rings. The molecular weight excluding hydrogens is 332 g/mol. The van der Waals surface area contributed by atoms with Crippen molar-refractivity contribution in [3.63, 3.8) is 0 Å². The van der Waals surface area contributed by atoms with Crippen LogP contribution in [-0.4, -0.2) is 47.9 Å². The van der Waals surface area contributed by atoms with Crippen LogP contribution in [0.4, 0.5) is 11.4 Å². The Balaban J connectivity index is 2.36. The second-order valence-corrected chi connectivity index (χ2v) is 5.99. The van der Waals surface area contributed by atoms with Crippen LogP contribution in [-0.2, 0) is 16.0 Å². The molecule has 1 aromatic carbocycles. The van der Waals surface area contributed by atoms with Gasteiger partial charge >= 0.3 is 0 Å². The molecule has 2 rings (SSSR count). The van der Waals surface area contributed by atoms with Crippen molar-refractivity contribution in [2.45, 2.75) is 26.7 Å². The lowest BCUT2D eigenvalue weighted by Gasteiger charge is -2.14. The number of amides is 1. The average Bonchev–Trinajstić information content (AvgIpc) is 2.62. The maximum absolute atomic E-state index is 11.9. The fraction of sp³-hybridized carbons (Fsp3) is 0.368. The summed E-state index contributed by atoms with van der Waals surface area (Å²) in [5, 5.41) is 12.0.